The second-order valence-corrected chi connectivity index (χ2v) is 3.57. The molecule has 1 rings (SSSR count). The van der Waals surface area contributed by atoms with Crippen LogP contribution in [-0.4, -0.2) is 28.2 Å². The molecule has 5 nitrogen and oxygen atoms in total. The zero-order valence-electron chi connectivity index (χ0n) is 9.32. The van der Waals surface area contributed by atoms with Gasteiger partial charge in [-0.25, -0.2) is 4.98 Å². The molecule has 1 heterocycles. The van der Waals surface area contributed by atoms with Crippen molar-refractivity contribution in [1.82, 2.24) is 9.97 Å². The molecule has 0 aliphatic carbocycles. The highest BCUT2D eigenvalue weighted by Gasteiger charge is 2.18. The maximum absolute atomic E-state index is 13.6. The smallest absolute Gasteiger partial charge is 0.311 e. The summed E-state index contributed by atoms with van der Waals surface area (Å²) in [7, 11) is 1.28. The molecule has 0 aliphatic heterocycles. The van der Waals surface area contributed by atoms with Crippen LogP contribution in [0.25, 0.3) is 0 Å². The van der Waals surface area contributed by atoms with Crippen LogP contribution >= 0.6 is 0 Å². The van der Waals surface area contributed by atoms with E-state index in [1.165, 1.54) is 7.11 Å². The van der Waals surface area contributed by atoms with Crippen LogP contribution < -0.4 is 4.74 Å². The largest absolute Gasteiger partial charge is 0.481 e. The van der Waals surface area contributed by atoms with Gasteiger partial charge < -0.3 is 9.84 Å². The summed E-state index contributed by atoms with van der Waals surface area (Å²) in [6, 6.07) is 0. The van der Waals surface area contributed by atoms with Gasteiger partial charge in [0.25, 0.3) is 5.88 Å². The first-order chi connectivity index (χ1) is 7.45. The molecule has 16 heavy (non-hydrogen) atoms. The van der Waals surface area contributed by atoms with Gasteiger partial charge in [-0.1, -0.05) is 13.8 Å². The molecule has 1 N–H and O–H groups in total. The van der Waals surface area contributed by atoms with Crippen LogP contribution in [0.4, 0.5) is 4.39 Å². The second-order valence-electron chi connectivity index (χ2n) is 3.57. The number of halogens is 1. The molecule has 6 heteroatoms. The van der Waals surface area contributed by atoms with Crippen LogP contribution in [0, 0.1) is 5.82 Å². The Hall–Kier alpha value is -1.72. The first-order valence-electron chi connectivity index (χ1n) is 4.77. The van der Waals surface area contributed by atoms with E-state index in [4.69, 9.17) is 9.84 Å². The molecule has 0 saturated carbocycles. The van der Waals surface area contributed by atoms with Gasteiger partial charge in [0.15, 0.2) is 0 Å². The standard InChI is InChI=1S/C10H13FN2O3/c1-5(2)9-8(11)10(16-3)13-6(12-9)4-7(14)15/h5H,4H2,1-3H3,(H,14,15). The topological polar surface area (TPSA) is 72.3 Å². The van der Waals surface area contributed by atoms with Crippen molar-refractivity contribution in [3.8, 4) is 5.88 Å². The van der Waals surface area contributed by atoms with Gasteiger partial charge in [0.2, 0.25) is 5.82 Å². The van der Waals surface area contributed by atoms with Gasteiger partial charge in [0.05, 0.1) is 12.8 Å². The highest BCUT2D eigenvalue weighted by atomic mass is 19.1. The van der Waals surface area contributed by atoms with E-state index < -0.39 is 11.8 Å². The van der Waals surface area contributed by atoms with Gasteiger partial charge in [-0.15, -0.1) is 0 Å². The number of carboxylic acids is 1. The lowest BCUT2D eigenvalue weighted by Gasteiger charge is -2.10. The first kappa shape index (κ1) is 12.4. The number of hydrogen-bond donors (Lipinski definition) is 1. The van der Waals surface area contributed by atoms with Crippen LogP contribution in [0.5, 0.6) is 5.88 Å². The van der Waals surface area contributed by atoms with Crippen molar-refractivity contribution in [2.24, 2.45) is 0 Å². The van der Waals surface area contributed by atoms with Gasteiger partial charge in [-0.05, 0) is 5.92 Å². The van der Waals surface area contributed by atoms with Crippen molar-refractivity contribution in [2.45, 2.75) is 26.2 Å². The fourth-order valence-electron chi connectivity index (χ4n) is 1.22. The van der Waals surface area contributed by atoms with Crippen molar-refractivity contribution >= 4 is 5.97 Å². The average molecular weight is 228 g/mol. The molecule has 0 spiro atoms. The van der Waals surface area contributed by atoms with Crippen molar-refractivity contribution in [3.63, 3.8) is 0 Å². The zero-order valence-corrected chi connectivity index (χ0v) is 9.32. The molecule has 88 valence electrons. The zero-order chi connectivity index (χ0) is 12.3. The van der Waals surface area contributed by atoms with E-state index in [0.29, 0.717) is 0 Å². The summed E-state index contributed by atoms with van der Waals surface area (Å²) in [6.45, 7) is 3.52. The van der Waals surface area contributed by atoms with E-state index >= 15 is 0 Å². The van der Waals surface area contributed by atoms with E-state index in [1.807, 2.05) is 0 Å². The molecule has 0 saturated heterocycles. The summed E-state index contributed by atoms with van der Waals surface area (Å²) in [5, 5.41) is 8.61. The quantitative estimate of drug-likeness (QED) is 0.842. The van der Waals surface area contributed by atoms with E-state index in [2.05, 4.69) is 9.97 Å². The van der Waals surface area contributed by atoms with Gasteiger partial charge in [-0.2, -0.15) is 9.37 Å². The maximum Gasteiger partial charge on any atom is 0.311 e. The van der Waals surface area contributed by atoms with Crippen LogP contribution in [0.2, 0.25) is 0 Å². The Morgan fingerprint density at radius 3 is 2.56 bits per heavy atom. The normalized spacial score (nSPS) is 10.6. The highest BCUT2D eigenvalue weighted by Crippen LogP contribution is 2.22. The monoisotopic (exact) mass is 228 g/mol. The van der Waals surface area contributed by atoms with Crippen LogP contribution in [0.3, 0.4) is 0 Å². The minimum Gasteiger partial charge on any atom is -0.481 e. The lowest BCUT2D eigenvalue weighted by atomic mass is 10.1. The number of hydrogen-bond acceptors (Lipinski definition) is 4. The van der Waals surface area contributed by atoms with Gasteiger partial charge in [-0.3, -0.25) is 4.79 Å². The fourth-order valence-corrected chi connectivity index (χ4v) is 1.22. The highest BCUT2D eigenvalue weighted by molar-refractivity contribution is 5.69. The maximum atomic E-state index is 13.6. The van der Waals surface area contributed by atoms with Crippen LogP contribution in [0.1, 0.15) is 31.3 Å². The molecule has 0 amide bonds. The summed E-state index contributed by atoms with van der Waals surface area (Å²) in [6.07, 6.45) is -0.351. The predicted octanol–water partition coefficient (Wildman–Crippen LogP) is 1.37. The summed E-state index contributed by atoms with van der Waals surface area (Å²) in [4.78, 5) is 18.1. The van der Waals surface area contributed by atoms with Gasteiger partial charge >= 0.3 is 5.97 Å². The Kier molecular flexibility index (Phi) is 3.76. The van der Waals surface area contributed by atoms with E-state index in [0.717, 1.165) is 0 Å². The molecule has 0 aliphatic rings. The number of methoxy groups -OCH3 is 1. The molecule has 0 unspecified atom stereocenters. The van der Waals surface area contributed by atoms with E-state index in [9.17, 15) is 9.18 Å². The van der Waals surface area contributed by atoms with E-state index in [1.54, 1.807) is 13.8 Å². The van der Waals surface area contributed by atoms with Crippen LogP contribution in [0.15, 0.2) is 0 Å². The molecular formula is C10H13FN2O3. The Morgan fingerprint density at radius 1 is 1.50 bits per heavy atom. The van der Waals surface area contributed by atoms with Gasteiger partial charge in [0, 0.05) is 0 Å². The number of rotatable bonds is 4. The SMILES string of the molecule is COc1nc(CC(=O)O)nc(C(C)C)c1F. The summed E-state index contributed by atoms with van der Waals surface area (Å²) in [5.74, 6) is -2.02. The Balaban J connectivity index is 3.22. The number of carboxylic acid groups (broad SMARTS) is 1. The fraction of sp³-hybridized carbons (Fsp3) is 0.500. The Labute approximate surface area is 92.3 Å². The van der Waals surface area contributed by atoms with Crippen molar-refractivity contribution in [1.29, 1.82) is 0 Å². The van der Waals surface area contributed by atoms with E-state index in [-0.39, 0.29) is 29.7 Å². The third-order valence-corrected chi connectivity index (χ3v) is 1.94. The average Bonchev–Trinajstić information content (AvgIpc) is 2.19. The molecule has 1 aromatic heterocycles. The number of aliphatic carboxylic acids is 1. The molecular weight excluding hydrogens is 215 g/mol. The summed E-state index contributed by atoms with van der Waals surface area (Å²) in [5.41, 5.74) is 0.170. The predicted molar refractivity (Wildman–Crippen MR) is 54.0 cm³/mol. The van der Waals surface area contributed by atoms with Crippen LogP contribution in [-0.2, 0) is 11.2 Å². The number of carbonyl (C=O) groups is 1. The minimum atomic E-state index is -1.07. The molecule has 0 bridgehead atoms. The Morgan fingerprint density at radius 2 is 2.12 bits per heavy atom. The van der Waals surface area contributed by atoms with Crippen molar-refractivity contribution < 1.29 is 19.0 Å². The second kappa shape index (κ2) is 4.87. The molecule has 0 fully saturated rings. The molecule has 0 atom stereocenters. The van der Waals surface area contributed by atoms with Gasteiger partial charge in [0.1, 0.15) is 12.2 Å². The van der Waals surface area contributed by atoms with Crippen molar-refractivity contribution in [3.05, 3.63) is 17.3 Å². The number of ether oxygens (including phenoxy) is 1. The number of nitrogens with zero attached hydrogens (tertiary/aromatic N) is 2. The third-order valence-electron chi connectivity index (χ3n) is 1.94. The molecule has 0 aromatic carbocycles. The Bertz CT molecular complexity index is 407. The lowest BCUT2D eigenvalue weighted by Crippen LogP contribution is -2.11. The molecule has 1 aromatic rings. The third kappa shape index (κ3) is 2.65. The van der Waals surface area contributed by atoms with Crippen molar-refractivity contribution in [2.75, 3.05) is 7.11 Å². The summed E-state index contributed by atoms with van der Waals surface area (Å²) < 4.78 is 18.4. The summed E-state index contributed by atoms with van der Waals surface area (Å²) >= 11 is 0. The minimum absolute atomic E-state index is 0.0504. The lowest BCUT2D eigenvalue weighted by molar-refractivity contribution is -0.136. The first-order valence-corrected chi connectivity index (χ1v) is 4.77. The molecule has 0 radical (unpaired) electrons. The number of aromatic nitrogens is 2.